The van der Waals surface area contributed by atoms with Gasteiger partial charge in [0.1, 0.15) is 11.6 Å². The predicted octanol–water partition coefficient (Wildman–Crippen LogP) is 5.00. The van der Waals surface area contributed by atoms with Crippen LogP contribution >= 0.6 is 0 Å². The van der Waals surface area contributed by atoms with Gasteiger partial charge in [0.2, 0.25) is 0 Å². The Kier molecular flexibility index (Phi) is 15.8. The molecule has 0 radical (unpaired) electrons. The van der Waals surface area contributed by atoms with Crippen LogP contribution in [0.2, 0.25) is 0 Å². The average molecular weight is 587 g/mol. The van der Waals surface area contributed by atoms with E-state index in [-0.39, 0.29) is 30.0 Å². The van der Waals surface area contributed by atoms with Crippen molar-refractivity contribution in [3.05, 3.63) is 65.5 Å². The zero-order valence-corrected chi connectivity index (χ0v) is 23.4. The molecule has 13 heteroatoms. The van der Waals surface area contributed by atoms with E-state index in [2.05, 4.69) is 20.7 Å². The third-order valence-corrected chi connectivity index (χ3v) is 5.65. The molecule has 2 aromatic rings. The van der Waals surface area contributed by atoms with Crippen molar-refractivity contribution in [2.24, 2.45) is 0 Å². The Labute approximate surface area is 237 Å². The standard InChI is InChI=1S/C12H12F4N2O2.C8H8O.C7H14N2O.CH4O/c13-10-5-9(20-12(14,15)16)4-1-7(10)6-17-11(19)18-8-2-3-8;1-7(9)8-5-3-2-4-6-8;1-8-7(10)9-5-3-2-4-6-9;1-2/h1,4-5,8H,2-3,6H2,(H2,17,18,19);2-6H,1H3;2-6H2,1H3,(H,8,10);2H,1H3. The molecule has 1 aliphatic heterocycles. The molecule has 4 rings (SSSR count). The number of alkyl halides is 3. The summed E-state index contributed by atoms with van der Waals surface area (Å²) in [5.74, 6) is -1.39. The highest BCUT2D eigenvalue weighted by molar-refractivity contribution is 5.93. The lowest BCUT2D eigenvalue weighted by molar-refractivity contribution is -0.274. The highest BCUT2D eigenvalue weighted by Gasteiger charge is 2.31. The molecule has 0 bridgehead atoms. The maximum Gasteiger partial charge on any atom is 0.573 e. The number of likely N-dealkylation sites (tertiary alicyclic amines) is 1. The fraction of sp³-hybridized carbons (Fsp3) is 0.464. The molecule has 2 fully saturated rings. The van der Waals surface area contributed by atoms with Gasteiger partial charge in [0.15, 0.2) is 5.78 Å². The van der Waals surface area contributed by atoms with E-state index in [0.717, 1.165) is 63.6 Å². The SMILES string of the molecule is CC(=O)c1ccccc1.CNC(=O)N1CCCCC1.CO.O=C(NCc1ccc(OC(F)(F)F)cc1F)NC1CC1. The number of halogens is 4. The first-order valence-electron chi connectivity index (χ1n) is 13.0. The second-order valence-electron chi connectivity index (χ2n) is 8.93. The van der Waals surface area contributed by atoms with Crippen molar-refractivity contribution in [1.82, 2.24) is 20.9 Å². The van der Waals surface area contributed by atoms with E-state index in [9.17, 15) is 31.9 Å². The minimum Gasteiger partial charge on any atom is -0.406 e. The molecule has 2 aromatic carbocycles. The zero-order chi connectivity index (χ0) is 30.8. The Morgan fingerprint density at radius 2 is 1.61 bits per heavy atom. The van der Waals surface area contributed by atoms with Crippen molar-refractivity contribution < 1.29 is 41.8 Å². The van der Waals surface area contributed by atoms with Crippen LogP contribution in [0.3, 0.4) is 0 Å². The maximum atomic E-state index is 13.5. The van der Waals surface area contributed by atoms with Crippen LogP contribution in [-0.2, 0) is 6.54 Å². The largest absolute Gasteiger partial charge is 0.573 e. The molecule has 4 N–H and O–H groups in total. The van der Waals surface area contributed by atoms with Crippen molar-refractivity contribution in [3.8, 4) is 5.75 Å². The smallest absolute Gasteiger partial charge is 0.406 e. The van der Waals surface area contributed by atoms with Crippen molar-refractivity contribution in [3.63, 3.8) is 0 Å². The number of ether oxygens (including phenoxy) is 1. The lowest BCUT2D eigenvalue weighted by Gasteiger charge is -2.25. The molecule has 41 heavy (non-hydrogen) atoms. The number of carbonyl (C=O) groups is 3. The van der Waals surface area contributed by atoms with Gasteiger partial charge in [-0.15, -0.1) is 13.2 Å². The molecule has 1 saturated heterocycles. The van der Waals surface area contributed by atoms with E-state index in [1.165, 1.54) is 6.42 Å². The van der Waals surface area contributed by atoms with Crippen LogP contribution in [0.1, 0.15) is 54.9 Å². The fourth-order valence-corrected chi connectivity index (χ4v) is 3.44. The summed E-state index contributed by atoms with van der Waals surface area (Å²) < 4.78 is 53.0. The Morgan fingerprint density at radius 1 is 1.00 bits per heavy atom. The summed E-state index contributed by atoms with van der Waals surface area (Å²) >= 11 is 0. The minimum absolute atomic E-state index is 0.0692. The van der Waals surface area contributed by atoms with Crippen LogP contribution < -0.4 is 20.7 Å². The van der Waals surface area contributed by atoms with Gasteiger partial charge in [-0.05, 0) is 45.1 Å². The topological polar surface area (TPSA) is 120 Å². The van der Waals surface area contributed by atoms with E-state index in [1.807, 2.05) is 35.2 Å². The molecule has 0 atom stereocenters. The number of hydrogen-bond acceptors (Lipinski definition) is 5. The maximum absolute atomic E-state index is 13.5. The number of rotatable bonds is 5. The predicted molar refractivity (Wildman–Crippen MR) is 146 cm³/mol. The van der Waals surface area contributed by atoms with Gasteiger partial charge in [0.05, 0.1) is 0 Å². The Morgan fingerprint density at radius 3 is 2.07 bits per heavy atom. The summed E-state index contributed by atoms with van der Waals surface area (Å²) in [7, 11) is 2.68. The molecule has 0 spiro atoms. The van der Waals surface area contributed by atoms with Crippen LogP contribution in [0.4, 0.5) is 27.2 Å². The third-order valence-electron chi connectivity index (χ3n) is 5.65. The molecule has 0 aromatic heterocycles. The number of aliphatic hydroxyl groups excluding tert-OH is 1. The number of piperidine rings is 1. The van der Waals surface area contributed by atoms with Gasteiger partial charge >= 0.3 is 18.4 Å². The first kappa shape index (κ1) is 35.2. The van der Waals surface area contributed by atoms with Gasteiger partial charge in [-0.2, -0.15) is 0 Å². The van der Waals surface area contributed by atoms with Gasteiger partial charge in [-0.3, -0.25) is 4.79 Å². The summed E-state index contributed by atoms with van der Waals surface area (Å²) in [4.78, 5) is 34.8. The van der Waals surface area contributed by atoms with E-state index >= 15 is 0 Å². The van der Waals surface area contributed by atoms with Crippen LogP contribution in [0.15, 0.2) is 48.5 Å². The molecule has 2 aliphatic rings. The fourth-order valence-electron chi connectivity index (χ4n) is 3.44. The third kappa shape index (κ3) is 15.5. The number of benzene rings is 2. The van der Waals surface area contributed by atoms with E-state index < -0.39 is 24.0 Å². The van der Waals surface area contributed by atoms with Crippen LogP contribution in [-0.4, -0.2) is 67.5 Å². The number of urea groups is 2. The number of Topliss-reactive ketones (excluding diaryl/α,β-unsaturated/α-hetero) is 1. The normalized spacial score (nSPS) is 13.9. The number of carbonyl (C=O) groups excluding carboxylic acids is 3. The van der Waals surface area contributed by atoms with Crippen molar-refractivity contribution in [1.29, 1.82) is 0 Å². The molecular formula is C28H38F4N4O5. The molecule has 9 nitrogen and oxygen atoms in total. The monoisotopic (exact) mass is 586 g/mol. The van der Waals surface area contributed by atoms with Crippen molar-refractivity contribution >= 4 is 17.8 Å². The first-order chi connectivity index (χ1) is 19.5. The number of nitrogens with one attached hydrogen (secondary N) is 3. The van der Waals surface area contributed by atoms with Gasteiger partial charge in [0.25, 0.3) is 0 Å². The molecule has 1 heterocycles. The minimum atomic E-state index is -4.86. The Balaban J connectivity index is 0.000000334. The molecule has 0 unspecified atom stereocenters. The highest BCUT2D eigenvalue weighted by Crippen LogP contribution is 2.24. The van der Waals surface area contributed by atoms with E-state index in [4.69, 9.17) is 5.11 Å². The van der Waals surface area contributed by atoms with Gasteiger partial charge in [-0.25, -0.2) is 14.0 Å². The number of aliphatic hydroxyl groups is 1. The van der Waals surface area contributed by atoms with Crippen LogP contribution in [0, 0.1) is 5.82 Å². The van der Waals surface area contributed by atoms with Crippen molar-refractivity contribution in [2.45, 2.75) is 58.0 Å². The Bertz CT molecular complexity index is 1080. The summed E-state index contributed by atoms with van der Waals surface area (Å²) in [6.45, 7) is 3.31. The number of hydrogen-bond donors (Lipinski definition) is 4. The van der Waals surface area contributed by atoms with Gasteiger partial charge in [-0.1, -0.05) is 36.4 Å². The van der Waals surface area contributed by atoms with E-state index in [0.29, 0.717) is 6.07 Å². The summed E-state index contributed by atoms with van der Waals surface area (Å²) in [5, 5.41) is 14.7. The lowest BCUT2D eigenvalue weighted by Crippen LogP contribution is -2.41. The molecule has 228 valence electrons. The quantitative estimate of drug-likeness (QED) is 0.291. The highest BCUT2D eigenvalue weighted by atomic mass is 19.4. The second kappa shape index (κ2) is 18.5. The average Bonchev–Trinajstić information content (AvgIpc) is 3.78. The molecular weight excluding hydrogens is 548 g/mol. The van der Waals surface area contributed by atoms with Gasteiger partial charge in [0, 0.05) is 57.0 Å². The summed E-state index contributed by atoms with van der Waals surface area (Å²) in [6.07, 6.45) is 0.571. The number of nitrogens with zero attached hydrogens (tertiary/aromatic N) is 1. The summed E-state index contributed by atoms with van der Waals surface area (Å²) in [5.41, 5.74) is 0.850. The number of amides is 4. The van der Waals surface area contributed by atoms with Crippen LogP contribution in [0.5, 0.6) is 5.75 Å². The molecule has 1 aliphatic carbocycles. The first-order valence-corrected chi connectivity index (χ1v) is 13.0. The second-order valence-corrected chi connectivity index (χ2v) is 8.93. The van der Waals surface area contributed by atoms with Crippen LogP contribution in [0.25, 0.3) is 0 Å². The Hall–Kier alpha value is -3.87. The van der Waals surface area contributed by atoms with E-state index in [1.54, 1.807) is 14.0 Å². The molecule has 4 amide bonds. The summed E-state index contributed by atoms with van der Waals surface area (Å²) in [6, 6.07) is 11.8. The zero-order valence-electron chi connectivity index (χ0n) is 23.4. The van der Waals surface area contributed by atoms with Crippen molar-refractivity contribution in [2.75, 3.05) is 27.2 Å². The lowest BCUT2D eigenvalue weighted by atomic mass is 10.1. The number of ketones is 1. The molecule has 1 saturated carbocycles. The van der Waals surface area contributed by atoms with Gasteiger partial charge < -0.3 is 30.7 Å².